The number of aliphatic hydroxyl groups excluding tert-OH is 1. The summed E-state index contributed by atoms with van der Waals surface area (Å²) in [6.45, 7) is 0.347. The van der Waals surface area contributed by atoms with Crippen molar-refractivity contribution in [2.45, 2.75) is 6.10 Å². The fourth-order valence-corrected chi connectivity index (χ4v) is 0.566. The molecule has 0 radical (unpaired) electrons. The maximum atomic E-state index is 9.75. The lowest BCUT2D eigenvalue weighted by Crippen LogP contribution is -2.53. The minimum atomic E-state index is -0.507. The van der Waals surface area contributed by atoms with Crippen molar-refractivity contribution in [3.05, 3.63) is 10.1 Å². The zero-order valence-electron chi connectivity index (χ0n) is 4.15. The molecule has 1 heterocycles. The van der Waals surface area contributed by atoms with Gasteiger partial charge >= 0.3 is 0 Å². The summed E-state index contributed by atoms with van der Waals surface area (Å²) >= 11 is 0. The molecular formula is C3H6N2O3. The van der Waals surface area contributed by atoms with Gasteiger partial charge in [0.1, 0.15) is 19.2 Å². The molecule has 0 bridgehead atoms. The molecule has 0 aromatic carbocycles. The van der Waals surface area contributed by atoms with E-state index < -0.39 is 11.1 Å². The first-order valence-corrected chi connectivity index (χ1v) is 2.27. The Morgan fingerprint density at radius 3 is 2.38 bits per heavy atom. The Kier molecular flexibility index (Phi) is 1.05. The zero-order chi connectivity index (χ0) is 6.15. The number of hydrogen-bond acceptors (Lipinski definition) is 3. The van der Waals surface area contributed by atoms with Crippen molar-refractivity contribution < 1.29 is 10.1 Å². The van der Waals surface area contributed by atoms with Crippen LogP contribution >= 0.6 is 0 Å². The van der Waals surface area contributed by atoms with Crippen LogP contribution in [0, 0.1) is 10.1 Å². The molecule has 1 aliphatic heterocycles. The summed E-state index contributed by atoms with van der Waals surface area (Å²) in [4.78, 5) is 9.75. The van der Waals surface area contributed by atoms with Gasteiger partial charge in [-0.3, -0.25) is 0 Å². The van der Waals surface area contributed by atoms with Crippen molar-refractivity contribution in [2.75, 3.05) is 13.1 Å². The Morgan fingerprint density at radius 1 is 1.75 bits per heavy atom. The van der Waals surface area contributed by atoms with Crippen LogP contribution in [0.4, 0.5) is 0 Å². The van der Waals surface area contributed by atoms with Gasteiger partial charge in [0.25, 0.3) is 0 Å². The molecule has 8 heavy (non-hydrogen) atoms. The third-order valence-corrected chi connectivity index (χ3v) is 1.07. The lowest BCUT2D eigenvalue weighted by atomic mass is 10.2. The molecule has 5 nitrogen and oxygen atoms in total. The van der Waals surface area contributed by atoms with Gasteiger partial charge in [-0.25, -0.2) is 10.1 Å². The van der Waals surface area contributed by atoms with Crippen LogP contribution in [-0.2, 0) is 0 Å². The number of aliphatic hydroxyl groups is 1. The van der Waals surface area contributed by atoms with E-state index in [1.807, 2.05) is 0 Å². The standard InChI is InChI=1S/C3H6N2O3/c6-3-1-4(2-3)5(7)8/h3,6H,1-2H2. The highest BCUT2D eigenvalue weighted by Crippen LogP contribution is 2.04. The van der Waals surface area contributed by atoms with Gasteiger partial charge in [0.15, 0.2) is 5.03 Å². The van der Waals surface area contributed by atoms with Crippen molar-refractivity contribution in [3.8, 4) is 0 Å². The molecular weight excluding hydrogens is 112 g/mol. The second kappa shape index (κ2) is 1.59. The summed E-state index contributed by atoms with van der Waals surface area (Å²) in [5.41, 5.74) is 0. The second-order valence-corrected chi connectivity index (χ2v) is 1.76. The molecule has 0 saturated carbocycles. The van der Waals surface area contributed by atoms with Gasteiger partial charge < -0.3 is 5.11 Å². The molecule has 0 amide bonds. The molecule has 0 spiro atoms. The monoisotopic (exact) mass is 118 g/mol. The molecule has 0 aromatic rings. The number of hydrazine groups is 1. The van der Waals surface area contributed by atoms with Crippen molar-refractivity contribution in [1.82, 2.24) is 5.01 Å². The first-order chi connectivity index (χ1) is 3.70. The highest BCUT2D eigenvalue weighted by atomic mass is 16.7. The van der Waals surface area contributed by atoms with Crippen molar-refractivity contribution in [2.24, 2.45) is 0 Å². The number of hydrogen-bond donors (Lipinski definition) is 1. The maximum Gasteiger partial charge on any atom is 0.160 e. The molecule has 1 N–H and O–H groups in total. The Balaban J connectivity index is 2.25. The highest BCUT2D eigenvalue weighted by Gasteiger charge is 2.31. The molecule has 46 valence electrons. The van der Waals surface area contributed by atoms with Gasteiger partial charge in [-0.05, 0) is 0 Å². The molecule has 1 aliphatic rings. The summed E-state index contributed by atoms with van der Waals surface area (Å²) < 4.78 is 0. The summed E-state index contributed by atoms with van der Waals surface area (Å²) in [6, 6.07) is 0. The SMILES string of the molecule is O=[N+]([O-])N1CC(O)C1. The smallest absolute Gasteiger partial charge is 0.160 e. The normalized spacial score (nSPS) is 20.4. The number of β-amino-alcohol motifs (C(OH)–C–C–N with tert-alkyl or cyclic N) is 1. The molecule has 1 rings (SSSR count). The van der Waals surface area contributed by atoms with Gasteiger partial charge in [0, 0.05) is 0 Å². The van der Waals surface area contributed by atoms with Crippen LogP contribution in [0.25, 0.3) is 0 Å². The summed E-state index contributed by atoms with van der Waals surface area (Å²) in [6.07, 6.45) is -0.486. The topological polar surface area (TPSA) is 66.6 Å². The van der Waals surface area contributed by atoms with E-state index >= 15 is 0 Å². The van der Waals surface area contributed by atoms with Gasteiger partial charge in [0.05, 0.1) is 0 Å². The van der Waals surface area contributed by atoms with E-state index in [0.29, 0.717) is 0 Å². The Bertz CT molecular complexity index is 109. The predicted octanol–water partition coefficient (Wildman–Crippen LogP) is -1.15. The Morgan fingerprint density at radius 2 is 2.25 bits per heavy atom. The Hall–Kier alpha value is -0.840. The maximum absolute atomic E-state index is 9.75. The average Bonchev–Trinajstić information content (AvgIpc) is 1.57. The van der Waals surface area contributed by atoms with Gasteiger partial charge in [-0.15, -0.1) is 5.01 Å². The molecule has 5 heteroatoms. The van der Waals surface area contributed by atoms with E-state index in [1.165, 1.54) is 0 Å². The fraction of sp³-hybridized carbons (Fsp3) is 1.00. The minimum absolute atomic E-state index is 0.174. The summed E-state index contributed by atoms with van der Waals surface area (Å²) in [5, 5.41) is 18.7. The van der Waals surface area contributed by atoms with Gasteiger partial charge in [0.2, 0.25) is 0 Å². The minimum Gasteiger partial charge on any atom is -0.389 e. The third kappa shape index (κ3) is 0.717. The van der Waals surface area contributed by atoms with E-state index in [0.717, 1.165) is 5.01 Å². The molecule has 0 atom stereocenters. The summed E-state index contributed by atoms with van der Waals surface area (Å²) in [5.74, 6) is 0. The van der Waals surface area contributed by atoms with Crippen molar-refractivity contribution in [3.63, 3.8) is 0 Å². The highest BCUT2D eigenvalue weighted by molar-refractivity contribution is 4.70. The molecule has 1 saturated heterocycles. The molecule has 1 fully saturated rings. The van der Waals surface area contributed by atoms with E-state index in [1.54, 1.807) is 0 Å². The third-order valence-electron chi connectivity index (χ3n) is 1.07. The quantitative estimate of drug-likeness (QED) is 0.349. The van der Waals surface area contributed by atoms with Crippen LogP contribution in [0.15, 0.2) is 0 Å². The second-order valence-electron chi connectivity index (χ2n) is 1.76. The van der Waals surface area contributed by atoms with E-state index in [4.69, 9.17) is 5.11 Å². The zero-order valence-corrected chi connectivity index (χ0v) is 4.15. The van der Waals surface area contributed by atoms with E-state index in [2.05, 4.69) is 0 Å². The van der Waals surface area contributed by atoms with Gasteiger partial charge in [-0.2, -0.15) is 0 Å². The van der Waals surface area contributed by atoms with Crippen molar-refractivity contribution in [1.29, 1.82) is 0 Å². The van der Waals surface area contributed by atoms with Crippen LogP contribution in [0.2, 0.25) is 0 Å². The molecule has 0 aliphatic carbocycles. The number of nitro groups is 1. The summed E-state index contributed by atoms with van der Waals surface area (Å²) in [7, 11) is 0. The molecule has 0 unspecified atom stereocenters. The first-order valence-electron chi connectivity index (χ1n) is 2.27. The van der Waals surface area contributed by atoms with Gasteiger partial charge in [-0.1, -0.05) is 0 Å². The van der Waals surface area contributed by atoms with E-state index in [9.17, 15) is 10.1 Å². The lowest BCUT2D eigenvalue weighted by molar-refractivity contribution is -0.674. The Labute approximate surface area is 45.6 Å². The predicted molar refractivity (Wildman–Crippen MR) is 24.6 cm³/mol. The molecule has 0 aromatic heterocycles. The number of nitrogens with zero attached hydrogens (tertiary/aromatic N) is 2. The average molecular weight is 118 g/mol. The fourth-order valence-electron chi connectivity index (χ4n) is 0.566. The van der Waals surface area contributed by atoms with Crippen LogP contribution in [0.5, 0.6) is 0 Å². The van der Waals surface area contributed by atoms with E-state index in [-0.39, 0.29) is 13.1 Å². The first kappa shape index (κ1) is 5.30. The van der Waals surface area contributed by atoms with Crippen molar-refractivity contribution >= 4 is 0 Å². The number of rotatable bonds is 1. The van der Waals surface area contributed by atoms with Crippen LogP contribution < -0.4 is 0 Å². The largest absolute Gasteiger partial charge is 0.389 e. The van der Waals surface area contributed by atoms with Crippen LogP contribution in [-0.4, -0.2) is 34.3 Å². The van der Waals surface area contributed by atoms with Crippen LogP contribution in [0.3, 0.4) is 0 Å². The van der Waals surface area contributed by atoms with Crippen LogP contribution in [0.1, 0.15) is 0 Å². The lowest BCUT2D eigenvalue weighted by Gasteiger charge is -2.27.